The molecule has 0 aromatic heterocycles. The molecule has 4 heteroatoms. The van der Waals surface area contributed by atoms with Crippen LogP contribution in [-0.2, 0) is 4.79 Å². The van der Waals surface area contributed by atoms with E-state index in [-0.39, 0.29) is 17.2 Å². The molecule has 0 bridgehead atoms. The molecule has 0 saturated carbocycles. The Kier molecular flexibility index (Phi) is 4.15. The molecule has 1 unspecified atom stereocenters. The maximum absolute atomic E-state index is 12.6. The quantitative estimate of drug-likeness (QED) is 0.895. The minimum absolute atomic E-state index is 0.0692. The van der Waals surface area contributed by atoms with Crippen LogP contribution in [0.3, 0.4) is 0 Å². The lowest BCUT2D eigenvalue weighted by molar-refractivity contribution is -0.123. The number of rotatable bonds is 3. The second-order valence-electron chi connectivity index (χ2n) is 6.51. The number of benzene rings is 1. The average molecular weight is 288 g/mol. The topological polar surface area (TPSA) is 50.4 Å². The normalized spacial score (nSPS) is 23.8. The van der Waals surface area contributed by atoms with Crippen LogP contribution in [0.15, 0.2) is 24.3 Å². The third-order valence-electron chi connectivity index (χ3n) is 4.78. The van der Waals surface area contributed by atoms with Crippen LogP contribution in [0.5, 0.6) is 5.75 Å². The molecule has 2 heterocycles. The number of carbonyl (C=O) groups excluding carboxylic acids is 1. The van der Waals surface area contributed by atoms with Crippen LogP contribution >= 0.6 is 0 Å². The second kappa shape index (κ2) is 6.06. The molecule has 4 nitrogen and oxygen atoms in total. The first-order valence-electron chi connectivity index (χ1n) is 7.88. The molecule has 1 amide bonds. The first-order chi connectivity index (χ1) is 10.2. The summed E-state index contributed by atoms with van der Waals surface area (Å²) in [6, 6.07) is 7.88. The predicted octanol–water partition coefficient (Wildman–Crippen LogP) is 2.06. The third kappa shape index (κ3) is 3.21. The van der Waals surface area contributed by atoms with Gasteiger partial charge in [-0.15, -0.1) is 0 Å². The van der Waals surface area contributed by atoms with Gasteiger partial charge in [-0.2, -0.15) is 0 Å². The molecular formula is C17H24N2O2. The molecule has 1 atom stereocenters. The van der Waals surface area contributed by atoms with Crippen LogP contribution in [-0.4, -0.2) is 32.1 Å². The van der Waals surface area contributed by atoms with Gasteiger partial charge < -0.3 is 15.4 Å². The number of nitrogens with one attached hydrogen (secondary N) is 2. The van der Waals surface area contributed by atoms with Gasteiger partial charge in [0, 0.05) is 12.1 Å². The maximum Gasteiger partial charge on any atom is 0.227 e. The summed E-state index contributed by atoms with van der Waals surface area (Å²) in [6.07, 6.45) is 3.01. The molecule has 1 aromatic carbocycles. The van der Waals surface area contributed by atoms with E-state index >= 15 is 0 Å². The smallest absolute Gasteiger partial charge is 0.227 e. The molecule has 0 spiro atoms. The molecule has 21 heavy (non-hydrogen) atoms. The van der Waals surface area contributed by atoms with Crippen LogP contribution in [0.2, 0.25) is 0 Å². The molecule has 2 N–H and O–H groups in total. The van der Waals surface area contributed by atoms with E-state index in [0.717, 1.165) is 50.2 Å². The monoisotopic (exact) mass is 288 g/mol. The summed E-state index contributed by atoms with van der Waals surface area (Å²) < 4.78 is 5.63. The summed E-state index contributed by atoms with van der Waals surface area (Å²) in [7, 11) is 0. The zero-order valence-electron chi connectivity index (χ0n) is 12.7. The van der Waals surface area contributed by atoms with Crippen LogP contribution in [0.1, 0.15) is 37.7 Å². The summed E-state index contributed by atoms with van der Waals surface area (Å²) in [5.74, 6) is 0.933. The van der Waals surface area contributed by atoms with Crippen LogP contribution in [0, 0.1) is 5.41 Å². The highest BCUT2D eigenvalue weighted by Gasteiger charge is 2.31. The number of para-hydroxylation sites is 1. The molecular weight excluding hydrogens is 264 g/mol. The molecule has 2 aliphatic rings. The summed E-state index contributed by atoms with van der Waals surface area (Å²) in [4.78, 5) is 12.6. The van der Waals surface area contributed by atoms with Gasteiger partial charge in [0.15, 0.2) is 0 Å². The first-order valence-corrected chi connectivity index (χ1v) is 7.88. The average Bonchev–Trinajstić information content (AvgIpc) is 2.53. The Morgan fingerprint density at radius 2 is 2.14 bits per heavy atom. The van der Waals surface area contributed by atoms with Crippen molar-refractivity contribution in [2.75, 3.05) is 26.2 Å². The first kappa shape index (κ1) is 14.4. The van der Waals surface area contributed by atoms with Crippen molar-refractivity contribution in [3.05, 3.63) is 29.8 Å². The number of amides is 1. The van der Waals surface area contributed by atoms with Gasteiger partial charge in [-0.25, -0.2) is 0 Å². The largest absolute Gasteiger partial charge is 0.493 e. The van der Waals surface area contributed by atoms with E-state index in [1.165, 1.54) is 0 Å². The third-order valence-corrected chi connectivity index (χ3v) is 4.78. The van der Waals surface area contributed by atoms with Gasteiger partial charge in [-0.3, -0.25) is 4.79 Å². The Morgan fingerprint density at radius 1 is 1.38 bits per heavy atom. The van der Waals surface area contributed by atoms with Crippen molar-refractivity contribution in [3.63, 3.8) is 0 Å². The van der Waals surface area contributed by atoms with Gasteiger partial charge in [-0.05, 0) is 43.8 Å². The number of ether oxygens (including phenoxy) is 1. The highest BCUT2D eigenvalue weighted by Crippen LogP contribution is 2.34. The lowest BCUT2D eigenvalue weighted by Crippen LogP contribution is -2.44. The minimum Gasteiger partial charge on any atom is -0.493 e. The summed E-state index contributed by atoms with van der Waals surface area (Å²) in [5.41, 5.74) is 1.25. The molecule has 1 saturated heterocycles. The van der Waals surface area contributed by atoms with Crippen molar-refractivity contribution in [2.24, 2.45) is 5.41 Å². The van der Waals surface area contributed by atoms with E-state index < -0.39 is 0 Å². The van der Waals surface area contributed by atoms with Crippen LogP contribution in [0.4, 0.5) is 0 Å². The van der Waals surface area contributed by atoms with Gasteiger partial charge >= 0.3 is 0 Å². The number of piperidine rings is 1. The van der Waals surface area contributed by atoms with E-state index in [2.05, 4.69) is 17.6 Å². The number of hydrogen-bond donors (Lipinski definition) is 2. The predicted molar refractivity (Wildman–Crippen MR) is 82.5 cm³/mol. The van der Waals surface area contributed by atoms with Crippen molar-refractivity contribution in [1.82, 2.24) is 10.6 Å². The van der Waals surface area contributed by atoms with Crippen molar-refractivity contribution in [1.29, 1.82) is 0 Å². The van der Waals surface area contributed by atoms with Crippen molar-refractivity contribution >= 4 is 5.91 Å². The molecule has 2 aliphatic heterocycles. The number of fused-ring (bicyclic) bond motifs is 1. The van der Waals surface area contributed by atoms with E-state index in [9.17, 15) is 4.79 Å². The van der Waals surface area contributed by atoms with Gasteiger partial charge in [0.05, 0.1) is 12.5 Å². The fraction of sp³-hybridized carbons (Fsp3) is 0.588. The summed E-state index contributed by atoms with van der Waals surface area (Å²) >= 11 is 0. The summed E-state index contributed by atoms with van der Waals surface area (Å²) in [6.45, 7) is 5.76. The molecule has 0 aliphatic carbocycles. The Hall–Kier alpha value is -1.55. The van der Waals surface area contributed by atoms with Gasteiger partial charge in [0.25, 0.3) is 0 Å². The van der Waals surface area contributed by atoms with Gasteiger partial charge in [0.1, 0.15) is 5.75 Å². The number of hydrogen-bond acceptors (Lipinski definition) is 3. The van der Waals surface area contributed by atoms with E-state index in [4.69, 9.17) is 4.74 Å². The molecule has 1 aromatic rings. The van der Waals surface area contributed by atoms with E-state index in [1.54, 1.807) is 0 Å². The van der Waals surface area contributed by atoms with Gasteiger partial charge in [-0.1, -0.05) is 25.1 Å². The molecule has 1 fully saturated rings. The second-order valence-corrected chi connectivity index (χ2v) is 6.51. The minimum atomic E-state index is -0.0692. The molecule has 114 valence electrons. The standard InChI is InChI=1S/C17H24N2O2/c1-17(7-9-18-10-8-17)12-19-16(20)14-6-11-21-15-5-3-2-4-13(14)15/h2-5,14,18H,6-12H2,1H3,(H,19,20). The summed E-state index contributed by atoms with van der Waals surface area (Å²) in [5, 5.41) is 6.56. The van der Waals surface area contributed by atoms with Crippen molar-refractivity contribution < 1.29 is 9.53 Å². The highest BCUT2D eigenvalue weighted by atomic mass is 16.5. The highest BCUT2D eigenvalue weighted by molar-refractivity contribution is 5.84. The fourth-order valence-corrected chi connectivity index (χ4v) is 3.25. The van der Waals surface area contributed by atoms with Crippen LogP contribution in [0.25, 0.3) is 0 Å². The molecule has 0 radical (unpaired) electrons. The lowest BCUT2D eigenvalue weighted by atomic mass is 9.80. The SMILES string of the molecule is CC1(CNC(=O)C2CCOc3ccccc32)CCNCC1. The molecule has 3 rings (SSSR count). The van der Waals surface area contributed by atoms with Gasteiger partial charge in [0.2, 0.25) is 5.91 Å². The Bertz CT molecular complexity index is 509. The Labute approximate surface area is 126 Å². The van der Waals surface area contributed by atoms with E-state index in [1.807, 2.05) is 24.3 Å². The number of carbonyl (C=O) groups is 1. The Balaban J connectivity index is 1.64. The zero-order chi connectivity index (χ0) is 14.7. The lowest BCUT2D eigenvalue weighted by Gasteiger charge is -2.35. The maximum atomic E-state index is 12.6. The van der Waals surface area contributed by atoms with Crippen molar-refractivity contribution in [2.45, 2.75) is 32.1 Å². The Morgan fingerprint density at radius 3 is 2.95 bits per heavy atom. The van der Waals surface area contributed by atoms with E-state index in [0.29, 0.717) is 6.61 Å². The van der Waals surface area contributed by atoms with Crippen LogP contribution < -0.4 is 15.4 Å². The fourth-order valence-electron chi connectivity index (χ4n) is 3.25. The van der Waals surface area contributed by atoms with Crippen molar-refractivity contribution in [3.8, 4) is 5.75 Å². The zero-order valence-corrected chi connectivity index (χ0v) is 12.7.